The fourth-order valence-electron chi connectivity index (χ4n) is 2.78. The van der Waals surface area contributed by atoms with Crippen molar-refractivity contribution in [2.45, 2.75) is 6.92 Å². The number of carbonyl (C=O) groups is 3. The van der Waals surface area contributed by atoms with Crippen molar-refractivity contribution in [1.82, 2.24) is 5.43 Å². The number of carbonyl (C=O) groups excluding carboxylic acids is 3. The van der Waals surface area contributed by atoms with Crippen molar-refractivity contribution in [3.8, 4) is 17.2 Å². The van der Waals surface area contributed by atoms with Crippen molar-refractivity contribution in [3.63, 3.8) is 0 Å². The minimum absolute atomic E-state index is 0.210. The number of ether oxygens (including phenoxy) is 3. The second-order valence-corrected chi connectivity index (χ2v) is 7.05. The van der Waals surface area contributed by atoms with E-state index >= 15 is 0 Å². The molecule has 0 aliphatic carbocycles. The molecular weight excluding hydrogens is 438 g/mol. The summed E-state index contributed by atoms with van der Waals surface area (Å²) < 4.78 is 15.8. The third kappa shape index (κ3) is 6.42. The third-order valence-electron chi connectivity index (χ3n) is 4.61. The van der Waals surface area contributed by atoms with Gasteiger partial charge in [0, 0.05) is 5.69 Å². The Morgan fingerprint density at radius 3 is 2.18 bits per heavy atom. The van der Waals surface area contributed by atoms with E-state index in [9.17, 15) is 14.4 Å². The summed E-state index contributed by atoms with van der Waals surface area (Å²) in [5.74, 6) is -1.21. The predicted octanol–water partition coefficient (Wildman–Crippen LogP) is 3.32. The van der Waals surface area contributed by atoms with Crippen LogP contribution < -0.4 is 25.0 Å². The normalized spacial score (nSPS) is 10.4. The van der Waals surface area contributed by atoms with E-state index in [1.165, 1.54) is 26.5 Å². The van der Waals surface area contributed by atoms with Crippen LogP contribution in [0.2, 0.25) is 0 Å². The van der Waals surface area contributed by atoms with Crippen molar-refractivity contribution in [1.29, 1.82) is 0 Å². The zero-order valence-corrected chi connectivity index (χ0v) is 18.8. The minimum Gasteiger partial charge on any atom is -0.497 e. The lowest BCUT2D eigenvalue weighted by Crippen LogP contribution is -2.32. The van der Waals surface area contributed by atoms with Crippen LogP contribution in [0.25, 0.3) is 0 Å². The van der Waals surface area contributed by atoms with Gasteiger partial charge in [-0.3, -0.25) is 9.59 Å². The minimum atomic E-state index is -0.922. The maximum atomic E-state index is 12.4. The number of hydrogen-bond donors (Lipinski definition) is 2. The molecule has 0 aromatic heterocycles. The number of hydrogen-bond acceptors (Lipinski definition) is 7. The average molecular weight is 461 g/mol. The van der Waals surface area contributed by atoms with E-state index < -0.39 is 17.8 Å². The third-order valence-corrected chi connectivity index (χ3v) is 4.61. The molecule has 3 aromatic carbocycles. The number of benzene rings is 3. The van der Waals surface area contributed by atoms with Crippen LogP contribution in [0.5, 0.6) is 17.2 Å². The molecule has 3 aromatic rings. The summed E-state index contributed by atoms with van der Waals surface area (Å²) in [5, 5.41) is 6.27. The topological polar surface area (TPSA) is 115 Å². The van der Waals surface area contributed by atoms with Gasteiger partial charge in [-0.25, -0.2) is 10.2 Å². The molecule has 0 aliphatic heterocycles. The lowest BCUT2D eigenvalue weighted by molar-refractivity contribution is -0.136. The van der Waals surface area contributed by atoms with Gasteiger partial charge >= 0.3 is 17.8 Å². The second-order valence-electron chi connectivity index (χ2n) is 7.05. The highest BCUT2D eigenvalue weighted by molar-refractivity contribution is 6.39. The van der Waals surface area contributed by atoms with Gasteiger partial charge < -0.3 is 19.5 Å². The first kappa shape index (κ1) is 24.0. The van der Waals surface area contributed by atoms with E-state index in [1.807, 2.05) is 19.1 Å². The van der Waals surface area contributed by atoms with Gasteiger partial charge in [0.25, 0.3) is 0 Å². The summed E-state index contributed by atoms with van der Waals surface area (Å²) in [6.07, 6.45) is 1.33. The fraction of sp³-hybridized carbons (Fsp3) is 0.120. The maximum Gasteiger partial charge on any atom is 0.343 e. The van der Waals surface area contributed by atoms with Gasteiger partial charge in [-0.05, 0) is 67.1 Å². The van der Waals surface area contributed by atoms with Crippen molar-refractivity contribution in [2.24, 2.45) is 5.10 Å². The molecule has 0 atom stereocenters. The number of esters is 1. The molecule has 34 heavy (non-hydrogen) atoms. The zero-order chi connectivity index (χ0) is 24.5. The molecule has 9 heteroatoms. The lowest BCUT2D eigenvalue weighted by Gasteiger charge is -2.10. The van der Waals surface area contributed by atoms with Crippen LogP contribution in [-0.4, -0.2) is 38.2 Å². The fourth-order valence-corrected chi connectivity index (χ4v) is 2.78. The molecule has 0 fully saturated rings. The van der Waals surface area contributed by atoms with Crippen LogP contribution in [0.1, 0.15) is 21.5 Å². The van der Waals surface area contributed by atoms with Crippen molar-refractivity contribution >= 4 is 29.7 Å². The molecular formula is C25H23N3O6. The summed E-state index contributed by atoms with van der Waals surface area (Å²) in [6.45, 7) is 1.92. The summed E-state index contributed by atoms with van der Waals surface area (Å²) in [6, 6.07) is 18.2. The first-order valence-electron chi connectivity index (χ1n) is 10.1. The summed E-state index contributed by atoms with van der Waals surface area (Å²) in [5.41, 5.74) is 4.58. The van der Waals surface area contributed by atoms with E-state index in [0.29, 0.717) is 22.6 Å². The Morgan fingerprint density at radius 1 is 0.824 bits per heavy atom. The number of rotatable bonds is 7. The van der Waals surface area contributed by atoms with E-state index in [-0.39, 0.29) is 11.5 Å². The lowest BCUT2D eigenvalue weighted by atomic mass is 10.2. The molecule has 0 spiro atoms. The van der Waals surface area contributed by atoms with Gasteiger partial charge in [-0.1, -0.05) is 17.7 Å². The number of nitrogens with zero attached hydrogens (tertiary/aromatic N) is 1. The standard InChI is InChI=1S/C25H23N3O6/c1-16-4-9-19(10-5-16)27-23(29)24(30)28-26-15-17-6-13-21(22(14-17)33-3)34-25(31)18-7-11-20(32-2)12-8-18/h4-15H,1-3H3,(H,27,29)(H,28,30)/b26-15+. The molecule has 2 N–H and O–H groups in total. The molecule has 0 saturated carbocycles. The Kier molecular flexibility index (Phi) is 7.96. The van der Waals surface area contributed by atoms with E-state index in [1.54, 1.807) is 48.5 Å². The number of amides is 2. The number of aryl methyl sites for hydroxylation is 1. The van der Waals surface area contributed by atoms with Gasteiger partial charge in [-0.15, -0.1) is 0 Å². The monoisotopic (exact) mass is 461 g/mol. The van der Waals surface area contributed by atoms with Crippen molar-refractivity contribution in [2.75, 3.05) is 19.5 Å². The summed E-state index contributed by atoms with van der Waals surface area (Å²) in [7, 11) is 2.97. The summed E-state index contributed by atoms with van der Waals surface area (Å²) in [4.78, 5) is 36.3. The molecule has 0 bridgehead atoms. The number of methoxy groups -OCH3 is 2. The smallest absolute Gasteiger partial charge is 0.343 e. The van der Waals surface area contributed by atoms with Gasteiger partial charge in [0.05, 0.1) is 26.0 Å². The quantitative estimate of drug-likeness (QED) is 0.183. The predicted molar refractivity (Wildman–Crippen MR) is 126 cm³/mol. The van der Waals surface area contributed by atoms with E-state index in [2.05, 4.69) is 15.8 Å². The molecule has 9 nitrogen and oxygen atoms in total. The Hall–Kier alpha value is -4.66. The number of hydrazone groups is 1. The van der Waals surface area contributed by atoms with Gasteiger partial charge in [0.1, 0.15) is 5.75 Å². The average Bonchev–Trinajstić information content (AvgIpc) is 2.86. The first-order valence-corrected chi connectivity index (χ1v) is 10.1. The van der Waals surface area contributed by atoms with E-state index in [0.717, 1.165) is 5.56 Å². The van der Waals surface area contributed by atoms with Crippen LogP contribution in [0, 0.1) is 6.92 Å². The Morgan fingerprint density at radius 2 is 1.53 bits per heavy atom. The molecule has 0 aliphatic rings. The molecule has 174 valence electrons. The van der Waals surface area contributed by atoms with Crippen LogP contribution in [0.4, 0.5) is 5.69 Å². The van der Waals surface area contributed by atoms with Crippen molar-refractivity contribution < 1.29 is 28.6 Å². The largest absolute Gasteiger partial charge is 0.497 e. The highest BCUT2D eigenvalue weighted by Gasteiger charge is 2.14. The molecule has 2 amide bonds. The maximum absolute atomic E-state index is 12.4. The van der Waals surface area contributed by atoms with E-state index in [4.69, 9.17) is 14.2 Å². The zero-order valence-electron chi connectivity index (χ0n) is 18.8. The van der Waals surface area contributed by atoms with Crippen LogP contribution >= 0.6 is 0 Å². The Bertz CT molecular complexity index is 1200. The van der Waals surface area contributed by atoms with Gasteiger partial charge in [0.15, 0.2) is 11.5 Å². The van der Waals surface area contributed by atoms with Crippen LogP contribution in [0.3, 0.4) is 0 Å². The van der Waals surface area contributed by atoms with Crippen LogP contribution in [0.15, 0.2) is 71.8 Å². The highest BCUT2D eigenvalue weighted by atomic mass is 16.6. The number of anilines is 1. The highest BCUT2D eigenvalue weighted by Crippen LogP contribution is 2.28. The van der Waals surface area contributed by atoms with Gasteiger partial charge in [-0.2, -0.15) is 5.10 Å². The Labute approximate surface area is 196 Å². The Balaban J connectivity index is 1.59. The van der Waals surface area contributed by atoms with Crippen LogP contribution in [-0.2, 0) is 9.59 Å². The van der Waals surface area contributed by atoms with Gasteiger partial charge in [0.2, 0.25) is 0 Å². The molecule has 0 unspecified atom stereocenters. The van der Waals surface area contributed by atoms with Crippen molar-refractivity contribution in [3.05, 3.63) is 83.4 Å². The molecule has 0 heterocycles. The molecule has 0 radical (unpaired) electrons. The second kappa shape index (κ2) is 11.3. The summed E-state index contributed by atoms with van der Waals surface area (Å²) >= 11 is 0. The SMILES string of the molecule is COc1ccc(C(=O)Oc2ccc(/C=N/NC(=O)C(=O)Nc3ccc(C)cc3)cc2OC)cc1. The molecule has 3 rings (SSSR count). The first-order chi connectivity index (χ1) is 16.4. The molecule has 0 saturated heterocycles. The number of nitrogens with one attached hydrogen (secondary N) is 2.